The van der Waals surface area contributed by atoms with E-state index < -0.39 is 24.1 Å². The first kappa shape index (κ1) is 11.2. The van der Waals surface area contributed by atoms with Gasteiger partial charge < -0.3 is 13.8 Å². The van der Waals surface area contributed by atoms with Gasteiger partial charge in [-0.15, -0.1) is 0 Å². The van der Waals surface area contributed by atoms with Crippen molar-refractivity contribution in [2.45, 2.75) is 18.1 Å². The zero-order valence-corrected chi connectivity index (χ0v) is 8.71. The van der Waals surface area contributed by atoms with E-state index in [9.17, 15) is 13.6 Å². The highest BCUT2D eigenvalue weighted by molar-refractivity contribution is 7.10. The molecule has 0 amide bonds. The zero-order chi connectivity index (χ0) is 10.1. The Kier molecular flexibility index (Phi) is 3.52. The van der Waals surface area contributed by atoms with Crippen LogP contribution in [0.2, 0.25) is 0 Å². The number of alkyl halides is 2. The predicted octanol–water partition coefficient (Wildman–Crippen LogP) is 0.529. The Morgan fingerprint density at radius 2 is 2.15 bits per heavy atom. The van der Waals surface area contributed by atoms with Crippen LogP contribution in [-0.4, -0.2) is 30.7 Å². The predicted molar refractivity (Wildman–Crippen MR) is 45.1 cm³/mol. The maximum Gasteiger partial charge on any atom is 0.380 e. The molecule has 1 fully saturated rings. The van der Waals surface area contributed by atoms with Gasteiger partial charge in [0.15, 0.2) is 12.2 Å². The monoisotopic (exact) mass is 232 g/mol. The van der Waals surface area contributed by atoms with Gasteiger partial charge in [0.05, 0.1) is 6.61 Å². The molecular weight excluding hydrogens is 224 g/mol. The van der Waals surface area contributed by atoms with E-state index in [-0.39, 0.29) is 6.61 Å². The first-order chi connectivity index (χ1) is 6.04. The third-order valence-electron chi connectivity index (χ3n) is 1.63. The van der Waals surface area contributed by atoms with Gasteiger partial charge in [0.25, 0.3) is 0 Å². The number of rotatable bonds is 3. The van der Waals surface area contributed by atoms with E-state index in [1.54, 1.807) is 9.47 Å². The molecule has 0 aromatic heterocycles. The molecule has 0 saturated carbocycles. The Morgan fingerprint density at radius 1 is 1.54 bits per heavy atom. The smallest absolute Gasteiger partial charge is 0.380 e. The summed E-state index contributed by atoms with van der Waals surface area (Å²) in [6.45, 7) is -0.148. The number of carbonyl (C=O) groups is 1. The first-order valence-electron chi connectivity index (χ1n) is 3.30. The minimum absolute atomic E-state index is 0.148. The van der Waals surface area contributed by atoms with Crippen LogP contribution in [0, 0.1) is 0 Å². The van der Waals surface area contributed by atoms with E-state index in [2.05, 4.69) is 13.8 Å². The maximum atomic E-state index is 12.9. The van der Waals surface area contributed by atoms with Gasteiger partial charge in [0.1, 0.15) is 0 Å². The van der Waals surface area contributed by atoms with E-state index in [4.69, 9.17) is 0 Å². The molecule has 3 unspecified atom stereocenters. The van der Waals surface area contributed by atoms with E-state index in [1.807, 2.05) is 9.47 Å². The molecule has 0 aromatic rings. The topological polar surface area (TPSA) is 44.8 Å². The molecule has 8 heteroatoms. The summed E-state index contributed by atoms with van der Waals surface area (Å²) in [5.74, 6) is -5.18. The highest BCUT2D eigenvalue weighted by atomic mass is 31.0. The summed E-state index contributed by atoms with van der Waals surface area (Å²) < 4.78 is 39.1. The Labute approximate surface area is 77.9 Å². The molecule has 13 heavy (non-hydrogen) atoms. The lowest BCUT2D eigenvalue weighted by Crippen LogP contribution is -2.39. The van der Waals surface area contributed by atoms with Gasteiger partial charge >= 0.3 is 11.9 Å². The van der Waals surface area contributed by atoms with E-state index in [0.29, 0.717) is 0 Å². The maximum absolute atomic E-state index is 12.9. The largest absolute Gasteiger partial charge is 0.452 e. The number of esters is 1. The zero-order valence-electron chi connectivity index (χ0n) is 6.41. The minimum atomic E-state index is -3.60. The van der Waals surface area contributed by atoms with Crippen LogP contribution in [0.5, 0.6) is 0 Å². The second-order valence-electron chi connectivity index (χ2n) is 2.46. The highest BCUT2D eigenvalue weighted by Crippen LogP contribution is 2.35. The Morgan fingerprint density at radius 3 is 2.62 bits per heavy atom. The quantitative estimate of drug-likeness (QED) is 0.526. The Balaban J connectivity index is 2.76. The standard InChI is InChI=1S/C5H8F2O4P2/c6-5(7)3(11-13)2(1-9-12)10-4(5)8/h2-3H,1,12-13H2/t2-,3?/m1/s1. The molecule has 0 aromatic carbocycles. The van der Waals surface area contributed by atoms with Crippen molar-refractivity contribution in [1.82, 2.24) is 0 Å². The lowest BCUT2D eigenvalue weighted by molar-refractivity contribution is -0.161. The second-order valence-corrected chi connectivity index (χ2v) is 3.06. The van der Waals surface area contributed by atoms with Crippen LogP contribution in [0.25, 0.3) is 0 Å². The summed E-state index contributed by atoms with van der Waals surface area (Å²) in [6.07, 6.45) is -2.68. The van der Waals surface area contributed by atoms with Crippen molar-refractivity contribution in [3.8, 4) is 0 Å². The summed E-state index contributed by atoms with van der Waals surface area (Å²) in [7, 11) is 3.56. The number of hydrogen-bond donors (Lipinski definition) is 0. The number of cyclic esters (lactones) is 1. The van der Waals surface area contributed by atoms with Crippen molar-refractivity contribution in [3.05, 3.63) is 0 Å². The van der Waals surface area contributed by atoms with E-state index >= 15 is 0 Å². The number of carbonyl (C=O) groups excluding carboxylic acids is 1. The fourth-order valence-electron chi connectivity index (χ4n) is 1.02. The molecule has 0 aliphatic carbocycles. The van der Waals surface area contributed by atoms with Crippen LogP contribution < -0.4 is 0 Å². The second kappa shape index (κ2) is 4.09. The summed E-state index contributed by atoms with van der Waals surface area (Å²) in [5.41, 5.74) is 0. The molecule has 1 aliphatic rings. The SMILES string of the molecule is O=C1O[C@H](COP)C(OP)C1(F)F. The fourth-order valence-corrected chi connectivity index (χ4v) is 1.55. The van der Waals surface area contributed by atoms with Crippen molar-refractivity contribution in [1.29, 1.82) is 0 Å². The number of halogens is 2. The van der Waals surface area contributed by atoms with Crippen molar-refractivity contribution in [2.24, 2.45) is 0 Å². The molecule has 1 rings (SSSR count). The molecule has 4 atom stereocenters. The lowest BCUT2D eigenvalue weighted by atomic mass is 10.1. The molecule has 0 spiro atoms. The first-order valence-corrected chi connectivity index (χ1v) is 4.24. The fraction of sp³-hybridized carbons (Fsp3) is 0.800. The van der Waals surface area contributed by atoms with Gasteiger partial charge in [-0.2, -0.15) is 8.78 Å². The molecular formula is C5H8F2O4P2. The molecule has 0 N–H and O–H groups in total. The van der Waals surface area contributed by atoms with Crippen molar-refractivity contribution in [3.63, 3.8) is 0 Å². The van der Waals surface area contributed by atoms with E-state index in [1.165, 1.54) is 0 Å². The van der Waals surface area contributed by atoms with Gasteiger partial charge in [-0.1, -0.05) is 0 Å². The van der Waals surface area contributed by atoms with Crippen LogP contribution in [0.15, 0.2) is 0 Å². The number of ether oxygens (including phenoxy) is 1. The van der Waals surface area contributed by atoms with Gasteiger partial charge in [-0.25, -0.2) is 4.79 Å². The van der Waals surface area contributed by atoms with Crippen LogP contribution in [0.4, 0.5) is 8.78 Å². The van der Waals surface area contributed by atoms with Gasteiger partial charge in [0.2, 0.25) is 0 Å². The molecule has 76 valence electrons. The van der Waals surface area contributed by atoms with Crippen LogP contribution >= 0.6 is 18.9 Å². The molecule has 1 saturated heterocycles. The molecule has 1 aliphatic heterocycles. The molecule has 1 heterocycles. The van der Waals surface area contributed by atoms with Crippen molar-refractivity contribution in [2.75, 3.05) is 6.61 Å². The molecule has 0 radical (unpaired) electrons. The minimum Gasteiger partial charge on any atom is -0.452 e. The van der Waals surface area contributed by atoms with Crippen molar-refractivity contribution >= 4 is 24.9 Å². The normalized spacial score (nSPS) is 31.8. The van der Waals surface area contributed by atoms with Crippen LogP contribution in [0.1, 0.15) is 0 Å². The lowest BCUT2D eigenvalue weighted by Gasteiger charge is -2.16. The summed E-state index contributed by atoms with van der Waals surface area (Å²) >= 11 is 0. The Hall–Kier alpha value is 0.110. The summed E-state index contributed by atoms with van der Waals surface area (Å²) in [4.78, 5) is 10.6. The van der Waals surface area contributed by atoms with Gasteiger partial charge in [-0.05, 0) is 0 Å². The molecule has 4 nitrogen and oxygen atoms in total. The third-order valence-corrected chi connectivity index (χ3v) is 2.12. The van der Waals surface area contributed by atoms with Gasteiger partial charge in [-0.3, -0.25) is 0 Å². The average molecular weight is 232 g/mol. The van der Waals surface area contributed by atoms with E-state index in [0.717, 1.165) is 0 Å². The number of hydrogen-bond acceptors (Lipinski definition) is 4. The summed E-state index contributed by atoms with van der Waals surface area (Å²) in [6, 6.07) is 0. The van der Waals surface area contributed by atoms with Crippen LogP contribution in [-0.2, 0) is 18.6 Å². The Bertz CT molecular complexity index is 213. The van der Waals surface area contributed by atoms with Crippen LogP contribution in [0.3, 0.4) is 0 Å². The molecule has 0 bridgehead atoms. The van der Waals surface area contributed by atoms with Crippen molar-refractivity contribution < 1.29 is 27.4 Å². The summed E-state index contributed by atoms with van der Waals surface area (Å²) in [5, 5.41) is 0. The third kappa shape index (κ3) is 1.96. The highest BCUT2D eigenvalue weighted by Gasteiger charge is 2.60. The average Bonchev–Trinajstić information content (AvgIpc) is 2.24. The van der Waals surface area contributed by atoms with Gasteiger partial charge in [0, 0.05) is 18.9 Å².